The average Bonchev–Trinajstić information content (AvgIpc) is 3.25. The first-order valence-corrected chi connectivity index (χ1v) is 12.1. The molecule has 6 rings (SSSR count). The summed E-state index contributed by atoms with van der Waals surface area (Å²) in [5.74, 6) is 0. The Kier molecular flexibility index (Phi) is 4.93. The number of aromatic nitrogens is 3. The van der Waals surface area contributed by atoms with Gasteiger partial charge in [0, 0.05) is 60.5 Å². The Morgan fingerprint density at radius 1 is 1.18 bits per heavy atom. The van der Waals surface area contributed by atoms with Crippen LogP contribution in [0.2, 0.25) is 0 Å². The van der Waals surface area contributed by atoms with E-state index in [0.717, 1.165) is 73.2 Å². The van der Waals surface area contributed by atoms with Crippen LogP contribution in [0.4, 0.5) is 15.3 Å². The summed E-state index contributed by atoms with van der Waals surface area (Å²) >= 11 is 0. The molecule has 1 atom stereocenters. The quantitative estimate of drug-likeness (QED) is 0.556. The minimum absolute atomic E-state index is 0.0158. The van der Waals surface area contributed by atoms with E-state index in [0.29, 0.717) is 12.6 Å². The van der Waals surface area contributed by atoms with Crippen molar-refractivity contribution in [3.8, 4) is 11.3 Å². The number of aryl methyl sites for hydroxylation is 1. The van der Waals surface area contributed by atoms with E-state index >= 15 is 0 Å². The fourth-order valence-corrected chi connectivity index (χ4v) is 5.29. The Hall–Kier alpha value is -3.62. The zero-order valence-electron chi connectivity index (χ0n) is 19.3. The molecule has 9 nitrogen and oxygen atoms in total. The van der Waals surface area contributed by atoms with Crippen molar-refractivity contribution in [3.63, 3.8) is 0 Å². The zero-order valence-corrected chi connectivity index (χ0v) is 19.3. The second-order valence-electron chi connectivity index (χ2n) is 9.64. The van der Waals surface area contributed by atoms with Crippen LogP contribution in [0.5, 0.6) is 0 Å². The van der Waals surface area contributed by atoms with E-state index in [1.807, 2.05) is 36.2 Å². The third-order valence-corrected chi connectivity index (χ3v) is 7.28. The predicted molar refractivity (Wildman–Crippen MR) is 130 cm³/mol. The van der Waals surface area contributed by atoms with Gasteiger partial charge >= 0.3 is 12.1 Å². The van der Waals surface area contributed by atoms with Crippen LogP contribution in [-0.2, 0) is 12.0 Å². The molecule has 9 heteroatoms. The molecule has 34 heavy (non-hydrogen) atoms. The number of rotatable bonds is 4. The molecule has 3 N–H and O–H groups in total. The highest BCUT2D eigenvalue weighted by molar-refractivity contribution is 6.01. The molecular weight excluding hydrogens is 430 g/mol. The van der Waals surface area contributed by atoms with Gasteiger partial charge in [-0.1, -0.05) is 6.07 Å². The number of carbonyl (C=O) groups is 2. The van der Waals surface area contributed by atoms with Crippen LogP contribution < -0.4 is 16.0 Å². The van der Waals surface area contributed by atoms with E-state index < -0.39 is 0 Å². The van der Waals surface area contributed by atoms with Gasteiger partial charge in [-0.15, -0.1) is 0 Å². The van der Waals surface area contributed by atoms with Gasteiger partial charge in [0.25, 0.3) is 0 Å². The second-order valence-corrected chi connectivity index (χ2v) is 9.64. The molecule has 0 bridgehead atoms. The maximum absolute atomic E-state index is 12.4. The molecule has 3 aromatic rings. The van der Waals surface area contributed by atoms with Crippen LogP contribution in [0.25, 0.3) is 22.2 Å². The highest BCUT2D eigenvalue weighted by Gasteiger charge is 2.46. The summed E-state index contributed by atoms with van der Waals surface area (Å²) in [7, 11) is 0. The van der Waals surface area contributed by atoms with E-state index in [-0.39, 0.29) is 17.5 Å². The second kappa shape index (κ2) is 8.00. The lowest BCUT2D eigenvalue weighted by atomic mass is 9.82. The van der Waals surface area contributed by atoms with Gasteiger partial charge in [0.2, 0.25) is 0 Å². The van der Waals surface area contributed by atoms with Crippen molar-refractivity contribution in [3.05, 3.63) is 42.2 Å². The van der Waals surface area contributed by atoms with Crippen molar-refractivity contribution in [2.45, 2.75) is 50.6 Å². The van der Waals surface area contributed by atoms with Gasteiger partial charge in [0.15, 0.2) is 0 Å². The highest BCUT2D eigenvalue weighted by Crippen LogP contribution is 2.44. The van der Waals surface area contributed by atoms with Gasteiger partial charge in [0.1, 0.15) is 0 Å². The first-order valence-electron chi connectivity index (χ1n) is 12.1. The molecule has 176 valence electrons. The highest BCUT2D eigenvalue weighted by atomic mass is 16.2. The monoisotopic (exact) mass is 459 g/mol. The summed E-state index contributed by atoms with van der Waals surface area (Å²) in [5, 5.41) is 14.6. The zero-order chi connectivity index (χ0) is 23.3. The van der Waals surface area contributed by atoms with E-state index in [1.165, 1.54) is 5.69 Å². The van der Waals surface area contributed by atoms with Gasteiger partial charge in [-0.3, -0.25) is 9.67 Å². The Morgan fingerprint density at radius 2 is 2.03 bits per heavy atom. The summed E-state index contributed by atoms with van der Waals surface area (Å²) in [6.45, 7) is 4.93. The van der Waals surface area contributed by atoms with Crippen molar-refractivity contribution < 1.29 is 9.59 Å². The first kappa shape index (κ1) is 20.9. The molecule has 0 radical (unpaired) electrons. The maximum Gasteiger partial charge on any atom is 0.319 e. The smallest absolute Gasteiger partial charge is 0.319 e. The molecule has 1 saturated heterocycles. The molecule has 4 heterocycles. The van der Waals surface area contributed by atoms with Crippen molar-refractivity contribution in [1.29, 1.82) is 0 Å². The van der Waals surface area contributed by atoms with Gasteiger partial charge in [0.05, 0.1) is 16.9 Å². The number of hydrogen-bond acceptors (Lipinski definition) is 4. The summed E-state index contributed by atoms with van der Waals surface area (Å²) in [6, 6.07) is 10.1. The van der Waals surface area contributed by atoms with Gasteiger partial charge in [-0.2, -0.15) is 5.10 Å². The summed E-state index contributed by atoms with van der Waals surface area (Å²) in [6.07, 6.45) is 5.89. The van der Waals surface area contributed by atoms with Crippen LogP contribution in [0.15, 0.2) is 36.5 Å². The normalized spacial score (nSPS) is 21.1. The van der Waals surface area contributed by atoms with Crippen molar-refractivity contribution >= 4 is 28.7 Å². The van der Waals surface area contributed by atoms with E-state index in [4.69, 9.17) is 5.10 Å². The number of amides is 4. The average molecular weight is 460 g/mol. The third-order valence-electron chi connectivity index (χ3n) is 7.28. The molecule has 1 unspecified atom stereocenters. The van der Waals surface area contributed by atoms with E-state index in [1.54, 1.807) is 0 Å². The molecule has 1 aromatic carbocycles. The molecule has 1 aliphatic carbocycles. The van der Waals surface area contributed by atoms with Gasteiger partial charge in [-0.05, 0) is 56.9 Å². The Labute approximate surface area is 197 Å². The number of hydrogen-bond donors (Lipinski definition) is 3. The van der Waals surface area contributed by atoms with Gasteiger partial charge < -0.3 is 20.9 Å². The number of pyridine rings is 1. The number of likely N-dealkylation sites (tertiary alicyclic amines) is 1. The molecule has 2 aromatic heterocycles. The lowest BCUT2D eigenvalue weighted by Crippen LogP contribution is -2.40. The summed E-state index contributed by atoms with van der Waals surface area (Å²) < 4.78 is 2.09. The summed E-state index contributed by atoms with van der Waals surface area (Å²) in [5.41, 5.74) is 4.52. The number of benzene rings is 1. The molecule has 2 fully saturated rings. The Bertz CT molecular complexity index is 1280. The van der Waals surface area contributed by atoms with Crippen molar-refractivity contribution in [2.24, 2.45) is 0 Å². The number of nitrogens with one attached hydrogen (secondary N) is 3. The molecule has 1 spiro atoms. The first-order chi connectivity index (χ1) is 16.5. The van der Waals surface area contributed by atoms with E-state index in [9.17, 15) is 9.59 Å². The van der Waals surface area contributed by atoms with E-state index in [2.05, 4.69) is 37.7 Å². The minimum Gasteiger partial charge on any atom is -0.338 e. The molecule has 3 aliphatic rings. The number of urea groups is 2. The van der Waals surface area contributed by atoms with Crippen LogP contribution >= 0.6 is 0 Å². The lowest BCUT2D eigenvalue weighted by Gasteiger charge is -2.23. The number of carbonyl (C=O) groups excluding carboxylic acids is 2. The Balaban J connectivity index is 1.28. The maximum atomic E-state index is 12.4. The van der Waals surface area contributed by atoms with Crippen molar-refractivity contribution in [2.75, 3.05) is 25.0 Å². The number of fused-ring (bicyclic) bond motifs is 3. The fourth-order valence-electron chi connectivity index (χ4n) is 5.29. The molecular formula is C25H29N7O2. The predicted octanol–water partition coefficient (Wildman–Crippen LogP) is 3.46. The fraction of sp³-hybridized carbons (Fsp3) is 0.440. The van der Waals surface area contributed by atoms with Crippen molar-refractivity contribution in [1.82, 2.24) is 30.3 Å². The SMILES string of the molecule is CCNC(=O)N1CCC2(CCn3nc(-c4cnc5cccc(NC(=O)NC6CC6)c5c4)cc32)C1. The standard InChI is InChI=1S/C25H29N7O2/c1-2-26-24(34)31-10-8-25(15-31)9-11-32-22(25)13-21(30-32)16-12-18-19(27-14-16)4-3-5-20(18)29-23(33)28-17-6-7-17/h3-5,12-14,17H,2,6-11,15H2,1H3,(H,26,34)(H2,28,29,33). The van der Waals surface area contributed by atoms with Gasteiger partial charge in [-0.25, -0.2) is 9.59 Å². The van der Waals surface area contributed by atoms with Crippen LogP contribution in [0, 0.1) is 0 Å². The number of nitrogens with zero attached hydrogens (tertiary/aromatic N) is 4. The molecule has 2 aliphatic heterocycles. The lowest BCUT2D eigenvalue weighted by molar-refractivity contribution is 0.206. The minimum atomic E-state index is -0.179. The topological polar surface area (TPSA) is 104 Å². The van der Waals surface area contributed by atoms with Crippen LogP contribution in [0.1, 0.15) is 38.3 Å². The largest absolute Gasteiger partial charge is 0.338 e. The van der Waals surface area contributed by atoms with Crippen LogP contribution in [0.3, 0.4) is 0 Å². The number of anilines is 1. The van der Waals surface area contributed by atoms with Crippen LogP contribution in [-0.4, -0.2) is 57.4 Å². The molecule has 4 amide bonds. The molecule has 1 saturated carbocycles. The third kappa shape index (κ3) is 3.65. The Morgan fingerprint density at radius 3 is 2.85 bits per heavy atom. The summed E-state index contributed by atoms with van der Waals surface area (Å²) in [4.78, 5) is 31.3.